The van der Waals surface area contributed by atoms with Crippen molar-refractivity contribution >= 4 is 6.29 Å². The summed E-state index contributed by atoms with van der Waals surface area (Å²) < 4.78 is 102. The molecule has 5 N–H and O–H groups in total. The van der Waals surface area contributed by atoms with E-state index in [1.54, 1.807) is 14.2 Å². The van der Waals surface area contributed by atoms with Gasteiger partial charge in [-0.3, -0.25) is 0 Å². The van der Waals surface area contributed by atoms with Crippen molar-refractivity contribution in [3.63, 3.8) is 0 Å². The van der Waals surface area contributed by atoms with Crippen molar-refractivity contribution in [2.45, 2.75) is 318 Å². The van der Waals surface area contributed by atoms with Gasteiger partial charge in [0, 0.05) is 86.9 Å². The van der Waals surface area contributed by atoms with Crippen LogP contribution in [0.2, 0.25) is 0 Å². The maximum absolute atomic E-state index is 13.0. The number of methoxy groups -OCH3 is 2. The molecule has 14 aliphatic rings. The summed E-state index contributed by atoms with van der Waals surface area (Å²) >= 11 is 0. The molecule has 6 saturated heterocycles. The number of aliphatic hydroxyl groups is 5. The first-order valence-electron chi connectivity index (χ1n) is 35.2. The fraction of sp³-hybridized carbons (Fsp3) is 0.986. The maximum atomic E-state index is 13.0. The molecule has 0 amide bonds. The van der Waals surface area contributed by atoms with Crippen LogP contribution in [0.1, 0.15) is 187 Å². The van der Waals surface area contributed by atoms with Gasteiger partial charge in [-0.1, -0.05) is 27.7 Å². The topological polar surface area (TPSA) is 266 Å². The van der Waals surface area contributed by atoms with Crippen molar-refractivity contribution < 1.29 is 106 Å². The van der Waals surface area contributed by atoms with Crippen LogP contribution in [0, 0.1) is 69.0 Å². The Balaban J connectivity index is 0.000000168. The number of hydrogen-bond acceptors (Lipinski definition) is 22. The standard InChI is InChI=1S/C35H58O11.C35H56O11/c2*1-19-20(2)42-29(28-27(19)45-31(5,6)46-28)43-22-13-25-34(17-41-30(3,4)44-25)26-23(10-11-33(34,37)14-22)35(38)12-9-21(16-36)32(35,7)15-24(26)40-18-39-8/h19-29,36-38H,9-18H2,1-8H3;16,19-29,37-38H,9-15,17-18H2,1-8H3/t2*19-,20-,21+,22-,23?,24+,25+,26?,27+,28+,29-,32+,33-,34+,35-/m00/s1. The lowest BCUT2D eigenvalue weighted by Gasteiger charge is -2.71. The summed E-state index contributed by atoms with van der Waals surface area (Å²) in [6.07, 6.45) is 3.52. The van der Waals surface area contributed by atoms with Crippen LogP contribution in [0.5, 0.6) is 0 Å². The Morgan fingerprint density at radius 2 is 0.913 bits per heavy atom. The molecule has 14 fully saturated rings. The first-order valence-corrected chi connectivity index (χ1v) is 35.2. The lowest BCUT2D eigenvalue weighted by atomic mass is 9.40. The molecule has 6 heterocycles. The Hall–Kier alpha value is -1.17. The Bertz CT molecular complexity index is 2680. The van der Waals surface area contributed by atoms with Crippen molar-refractivity contribution in [1.82, 2.24) is 0 Å². The van der Waals surface area contributed by atoms with Gasteiger partial charge >= 0.3 is 0 Å². The quantitative estimate of drug-likeness (QED) is 0.0735. The molecule has 0 aromatic heterocycles. The molecule has 30 atom stereocenters. The van der Waals surface area contributed by atoms with E-state index in [0.29, 0.717) is 83.5 Å². The lowest BCUT2D eigenvalue weighted by molar-refractivity contribution is -0.410. The van der Waals surface area contributed by atoms with Crippen LogP contribution >= 0.6 is 0 Å². The molecular formula is C70H114O22. The fourth-order valence-electron chi connectivity index (χ4n) is 22.7. The molecule has 92 heavy (non-hydrogen) atoms. The molecule has 0 aromatic carbocycles. The van der Waals surface area contributed by atoms with Gasteiger partial charge in [0.15, 0.2) is 35.7 Å². The van der Waals surface area contributed by atoms with Crippen molar-refractivity contribution in [2.75, 3.05) is 47.6 Å². The van der Waals surface area contributed by atoms with E-state index in [-0.39, 0.29) is 136 Å². The van der Waals surface area contributed by atoms with Gasteiger partial charge in [-0.15, -0.1) is 0 Å². The first kappa shape index (κ1) is 69.3. The molecule has 526 valence electrons. The number of fused-ring (bicyclic) bond motifs is 8. The molecule has 14 rings (SSSR count). The van der Waals surface area contributed by atoms with Crippen molar-refractivity contribution in [1.29, 1.82) is 0 Å². The second-order valence-electron chi connectivity index (χ2n) is 33.8. The van der Waals surface area contributed by atoms with Crippen molar-refractivity contribution in [2.24, 2.45) is 69.0 Å². The normalized spacial score (nSPS) is 55.4. The van der Waals surface area contributed by atoms with Gasteiger partial charge in [0.1, 0.15) is 32.1 Å². The minimum atomic E-state index is -1.24. The highest BCUT2D eigenvalue weighted by atomic mass is 16.8. The SMILES string of the molecule is COCO[C@@H]1C[C@]2(C)[C@@H](C=O)CC[C@]2(O)C2CC[C@]3(O)C[C@@H](O[C@@H]4O[C@@H](C)[C@H](C)[C@H]5OC(C)(C)O[C@@H]45)C[C@H]4OC(C)(C)OC[C@]43C21.COCO[C@@H]1C[C@]2(C)[C@@H](CO)CC[C@]2(O)C2CC[C@]3(O)C[C@@H](O[C@@H]4O[C@@H](C)[C@H](C)[C@H]5OC(C)(C)O[C@@H]45)C[C@H]4OC(C)(C)OC[C@]43C21. The molecule has 8 aliphatic carbocycles. The van der Waals surface area contributed by atoms with E-state index in [0.717, 1.165) is 12.7 Å². The van der Waals surface area contributed by atoms with Crippen molar-refractivity contribution in [3.05, 3.63) is 0 Å². The second-order valence-corrected chi connectivity index (χ2v) is 33.8. The number of aliphatic hydroxyl groups excluding tert-OH is 1. The van der Waals surface area contributed by atoms with E-state index in [1.807, 2.05) is 76.2 Å². The molecular weight excluding hydrogens is 1190 g/mol. The van der Waals surface area contributed by atoms with Gasteiger partial charge in [0.25, 0.3) is 0 Å². The van der Waals surface area contributed by atoms with Gasteiger partial charge < -0.3 is 106 Å². The molecule has 0 aromatic rings. The summed E-state index contributed by atoms with van der Waals surface area (Å²) in [6, 6.07) is 0. The van der Waals surface area contributed by atoms with E-state index in [4.69, 9.17) is 75.8 Å². The lowest BCUT2D eigenvalue weighted by Crippen LogP contribution is -2.78. The number of carbonyl (C=O) groups is 1. The van der Waals surface area contributed by atoms with Crippen LogP contribution in [0.4, 0.5) is 0 Å². The molecule has 4 unspecified atom stereocenters. The van der Waals surface area contributed by atoms with Crippen LogP contribution < -0.4 is 0 Å². The minimum absolute atomic E-state index is 0.0265. The molecule has 0 radical (unpaired) electrons. The third-order valence-electron chi connectivity index (χ3n) is 27.5. The molecule has 0 bridgehead atoms. The van der Waals surface area contributed by atoms with E-state index < -0.39 is 98.1 Å². The summed E-state index contributed by atoms with van der Waals surface area (Å²) in [5.41, 5.74) is -7.46. The molecule has 2 spiro atoms. The van der Waals surface area contributed by atoms with E-state index in [1.165, 1.54) is 0 Å². The van der Waals surface area contributed by atoms with Crippen molar-refractivity contribution in [3.8, 4) is 0 Å². The third-order valence-corrected chi connectivity index (χ3v) is 27.5. The molecule has 6 aliphatic heterocycles. The highest BCUT2D eigenvalue weighted by molar-refractivity contribution is 5.57. The Kier molecular flexibility index (Phi) is 17.9. The average Bonchev–Trinajstić information content (AvgIpc) is 1.01. The van der Waals surface area contributed by atoms with Crippen LogP contribution in [-0.4, -0.2) is 211 Å². The monoisotopic (exact) mass is 1310 g/mol. The zero-order chi connectivity index (χ0) is 66.2. The van der Waals surface area contributed by atoms with E-state index in [9.17, 15) is 30.3 Å². The minimum Gasteiger partial charge on any atom is -0.396 e. The van der Waals surface area contributed by atoms with Crippen LogP contribution in [0.25, 0.3) is 0 Å². The number of aldehydes is 1. The third kappa shape index (κ3) is 10.6. The smallest absolute Gasteiger partial charge is 0.187 e. The average molecular weight is 1310 g/mol. The number of rotatable bonds is 12. The summed E-state index contributed by atoms with van der Waals surface area (Å²) in [5, 5.41) is 61.8. The summed E-state index contributed by atoms with van der Waals surface area (Å²) in [4.78, 5) is 12.3. The van der Waals surface area contributed by atoms with Crippen LogP contribution in [0.15, 0.2) is 0 Å². The number of carbonyl (C=O) groups excluding carboxylic acids is 1. The zero-order valence-corrected chi connectivity index (χ0v) is 57.9. The predicted molar refractivity (Wildman–Crippen MR) is 327 cm³/mol. The fourth-order valence-corrected chi connectivity index (χ4v) is 22.7. The van der Waals surface area contributed by atoms with Gasteiger partial charge in [-0.2, -0.15) is 0 Å². The van der Waals surface area contributed by atoms with Gasteiger partial charge in [0.2, 0.25) is 0 Å². The summed E-state index contributed by atoms with van der Waals surface area (Å²) in [6.45, 7) is 28.5. The maximum Gasteiger partial charge on any atom is 0.187 e. The van der Waals surface area contributed by atoms with E-state index in [2.05, 4.69) is 20.8 Å². The highest BCUT2D eigenvalue weighted by Crippen LogP contribution is 2.74. The Morgan fingerprint density at radius 3 is 1.34 bits per heavy atom. The van der Waals surface area contributed by atoms with Crippen LogP contribution in [-0.2, 0) is 80.6 Å². The number of ether oxygens (including phenoxy) is 16. The number of hydrogen-bond donors (Lipinski definition) is 5. The Labute approximate surface area is 545 Å². The predicted octanol–water partition coefficient (Wildman–Crippen LogP) is 7.19. The van der Waals surface area contributed by atoms with Gasteiger partial charge in [-0.05, 0) is 151 Å². The van der Waals surface area contributed by atoms with E-state index >= 15 is 0 Å². The second kappa shape index (κ2) is 23.7. The van der Waals surface area contributed by atoms with Gasteiger partial charge in [0.05, 0.1) is 107 Å². The Morgan fingerprint density at radius 1 is 0.500 bits per heavy atom. The highest BCUT2D eigenvalue weighted by Gasteiger charge is 2.80. The first-order chi connectivity index (χ1) is 43.1. The summed E-state index contributed by atoms with van der Waals surface area (Å²) in [5.74, 6) is -4.22. The van der Waals surface area contributed by atoms with Gasteiger partial charge in [-0.25, -0.2) is 0 Å². The summed E-state index contributed by atoms with van der Waals surface area (Å²) in [7, 11) is 3.21. The largest absolute Gasteiger partial charge is 0.396 e. The molecule has 8 saturated carbocycles. The molecule has 22 heteroatoms. The zero-order valence-electron chi connectivity index (χ0n) is 57.9. The van der Waals surface area contributed by atoms with Crippen LogP contribution in [0.3, 0.4) is 0 Å². The molecule has 22 nitrogen and oxygen atoms in total.